The van der Waals surface area contributed by atoms with Crippen LogP contribution in [0.15, 0.2) is 18.2 Å². The van der Waals surface area contributed by atoms with Gasteiger partial charge < -0.3 is 9.47 Å². The molecular formula is C11H16O2. The summed E-state index contributed by atoms with van der Waals surface area (Å²) in [6.07, 6.45) is 0. The topological polar surface area (TPSA) is 18.5 Å². The van der Waals surface area contributed by atoms with E-state index < -0.39 is 0 Å². The van der Waals surface area contributed by atoms with Gasteiger partial charge in [0.05, 0.1) is 14.2 Å². The highest BCUT2D eigenvalue weighted by molar-refractivity contribution is 5.41. The minimum absolute atomic E-state index is 0.449. The molecule has 72 valence electrons. The van der Waals surface area contributed by atoms with Crippen molar-refractivity contribution in [3.63, 3.8) is 0 Å². The number of ether oxygens (including phenoxy) is 2. The molecule has 0 aliphatic rings. The monoisotopic (exact) mass is 180 g/mol. The Bertz CT molecular complexity index is 279. The number of benzene rings is 1. The number of hydrogen-bond acceptors (Lipinski definition) is 2. The Kier molecular flexibility index (Phi) is 3.18. The summed E-state index contributed by atoms with van der Waals surface area (Å²) < 4.78 is 10.4. The van der Waals surface area contributed by atoms with Crippen LogP contribution in [0, 0.1) is 0 Å². The van der Waals surface area contributed by atoms with E-state index in [0.29, 0.717) is 5.92 Å². The molecule has 13 heavy (non-hydrogen) atoms. The molecule has 0 bridgehead atoms. The molecule has 0 unspecified atom stereocenters. The Balaban J connectivity index is 3.10. The lowest BCUT2D eigenvalue weighted by Crippen LogP contribution is -1.95. The van der Waals surface area contributed by atoms with E-state index in [1.807, 2.05) is 18.2 Å². The highest BCUT2D eigenvalue weighted by Gasteiger charge is 2.07. The number of rotatable bonds is 3. The van der Waals surface area contributed by atoms with Crippen LogP contribution in [0.5, 0.6) is 11.5 Å². The van der Waals surface area contributed by atoms with Gasteiger partial charge >= 0.3 is 0 Å². The van der Waals surface area contributed by atoms with Gasteiger partial charge in [-0.1, -0.05) is 13.8 Å². The van der Waals surface area contributed by atoms with E-state index in [-0.39, 0.29) is 0 Å². The van der Waals surface area contributed by atoms with E-state index in [1.54, 1.807) is 14.2 Å². The molecule has 1 aromatic carbocycles. The zero-order chi connectivity index (χ0) is 9.84. The van der Waals surface area contributed by atoms with Crippen LogP contribution in [0.1, 0.15) is 25.3 Å². The second-order valence-corrected chi connectivity index (χ2v) is 3.26. The van der Waals surface area contributed by atoms with E-state index in [4.69, 9.17) is 9.47 Å². The zero-order valence-corrected chi connectivity index (χ0v) is 8.63. The lowest BCUT2D eigenvalue weighted by atomic mass is 10.0. The van der Waals surface area contributed by atoms with Crippen LogP contribution in [-0.2, 0) is 0 Å². The van der Waals surface area contributed by atoms with Crippen LogP contribution in [0.3, 0.4) is 0 Å². The van der Waals surface area contributed by atoms with Crippen molar-refractivity contribution >= 4 is 0 Å². The molecule has 1 rings (SSSR count). The second-order valence-electron chi connectivity index (χ2n) is 3.26. The van der Waals surface area contributed by atoms with E-state index in [2.05, 4.69) is 13.8 Å². The van der Waals surface area contributed by atoms with Gasteiger partial charge in [0.1, 0.15) is 11.5 Å². The summed E-state index contributed by atoms with van der Waals surface area (Å²) >= 11 is 0. The minimum atomic E-state index is 0.449. The van der Waals surface area contributed by atoms with Crippen LogP contribution in [0.2, 0.25) is 0 Å². The molecule has 0 heterocycles. The van der Waals surface area contributed by atoms with E-state index in [9.17, 15) is 0 Å². The fourth-order valence-corrected chi connectivity index (χ4v) is 1.29. The minimum Gasteiger partial charge on any atom is -0.497 e. The third kappa shape index (κ3) is 2.14. The zero-order valence-electron chi connectivity index (χ0n) is 8.63. The SMILES string of the molecule is COc1ccc(OC)c(C(C)C)c1. The first-order chi connectivity index (χ1) is 6.19. The molecule has 0 spiro atoms. The highest BCUT2D eigenvalue weighted by Crippen LogP contribution is 2.29. The van der Waals surface area contributed by atoms with Gasteiger partial charge in [0.25, 0.3) is 0 Å². The van der Waals surface area contributed by atoms with Crippen molar-refractivity contribution in [3.05, 3.63) is 23.8 Å². The van der Waals surface area contributed by atoms with Gasteiger partial charge in [-0.2, -0.15) is 0 Å². The maximum absolute atomic E-state index is 5.25. The predicted octanol–water partition coefficient (Wildman–Crippen LogP) is 2.83. The first kappa shape index (κ1) is 9.90. The summed E-state index contributed by atoms with van der Waals surface area (Å²) in [5.74, 6) is 2.25. The Morgan fingerprint density at radius 3 is 2.23 bits per heavy atom. The first-order valence-corrected chi connectivity index (χ1v) is 4.41. The fraction of sp³-hybridized carbons (Fsp3) is 0.455. The van der Waals surface area contributed by atoms with Gasteiger partial charge in [-0.3, -0.25) is 0 Å². The molecule has 0 aromatic heterocycles. The molecule has 2 nitrogen and oxygen atoms in total. The molecule has 0 aliphatic carbocycles. The largest absolute Gasteiger partial charge is 0.497 e. The van der Waals surface area contributed by atoms with Crippen LogP contribution in [0.25, 0.3) is 0 Å². The second kappa shape index (κ2) is 4.17. The van der Waals surface area contributed by atoms with E-state index in [0.717, 1.165) is 11.5 Å². The highest BCUT2D eigenvalue weighted by atomic mass is 16.5. The van der Waals surface area contributed by atoms with Crippen molar-refractivity contribution in [2.75, 3.05) is 14.2 Å². The average molecular weight is 180 g/mol. The van der Waals surface area contributed by atoms with Crippen molar-refractivity contribution in [2.24, 2.45) is 0 Å². The standard InChI is InChI=1S/C11H16O2/c1-8(2)10-7-9(12-3)5-6-11(10)13-4/h5-8H,1-4H3. The molecule has 0 atom stereocenters. The van der Waals surface area contributed by atoms with Crippen molar-refractivity contribution in [1.82, 2.24) is 0 Å². The van der Waals surface area contributed by atoms with Crippen molar-refractivity contribution < 1.29 is 9.47 Å². The Hall–Kier alpha value is -1.18. The van der Waals surface area contributed by atoms with Crippen LogP contribution < -0.4 is 9.47 Å². The predicted molar refractivity (Wildman–Crippen MR) is 53.6 cm³/mol. The summed E-state index contributed by atoms with van der Waals surface area (Å²) in [6, 6.07) is 5.86. The Labute approximate surface area is 79.5 Å². The summed E-state index contributed by atoms with van der Waals surface area (Å²) in [4.78, 5) is 0. The summed E-state index contributed by atoms with van der Waals surface area (Å²) in [5.41, 5.74) is 1.18. The summed E-state index contributed by atoms with van der Waals surface area (Å²) in [6.45, 7) is 4.27. The van der Waals surface area contributed by atoms with E-state index in [1.165, 1.54) is 5.56 Å². The molecule has 2 heteroatoms. The third-order valence-electron chi connectivity index (χ3n) is 2.06. The van der Waals surface area contributed by atoms with Crippen LogP contribution in [-0.4, -0.2) is 14.2 Å². The summed E-state index contributed by atoms with van der Waals surface area (Å²) in [5, 5.41) is 0. The molecule has 0 aliphatic heterocycles. The quantitative estimate of drug-likeness (QED) is 0.712. The molecule has 1 aromatic rings. The Morgan fingerprint density at radius 2 is 1.77 bits per heavy atom. The normalized spacial score (nSPS) is 10.2. The molecule has 0 fully saturated rings. The van der Waals surface area contributed by atoms with Crippen molar-refractivity contribution in [3.8, 4) is 11.5 Å². The maximum atomic E-state index is 5.25. The van der Waals surface area contributed by atoms with Gasteiger partial charge in [-0.25, -0.2) is 0 Å². The molecule has 0 amide bonds. The van der Waals surface area contributed by atoms with Crippen molar-refractivity contribution in [1.29, 1.82) is 0 Å². The first-order valence-electron chi connectivity index (χ1n) is 4.41. The molecule has 0 saturated carbocycles. The van der Waals surface area contributed by atoms with Crippen LogP contribution in [0.4, 0.5) is 0 Å². The molecular weight excluding hydrogens is 164 g/mol. The summed E-state index contributed by atoms with van der Waals surface area (Å²) in [7, 11) is 3.36. The fourth-order valence-electron chi connectivity index (χ4n) is 1.29. The van der Waals surface area contributed by atoms with Crippen LogP contribution >= 0.6 is 0 Å². The average Bonchev–Trinajstić information content (AvgIpc) is 2.16. The number of hydrogen-bond donors (Lipinski definition) is 0. The lowest BCUT2D eigenvalue weighted by molar-refractivity contribution is 0.397. The molecule has 0 N–H and O–H groups in total. The molecule has 0 radical (unpaired) electrons. The molecule has 0 saturated heterocycles. The third-order valence-corrected chi connectivity index (χ3v) is 2.06. The number of methoxy groups -OCH3 is 2. The van der Waals surface area contributed by atoms with Gasteiger partial charge in [-0.05, 0) is 24.1 Å². The smallest absolute Gasteiger partial charge is 0.122 e. The van der Waals surface area contributed by atoms with Gasteiger partial charge in [0.15, 0.2) is 0 Å². The maximum Gasteiger partial charge on any atom is 0.122 e. The van der Waals surface area contributed by atoms with Gasteiger partial charge in [0.2, 0.25) is 0 Å². The van der Waals surface area contributed by atoms with E-state index >= 15 is 0 Å². The lowest BCUT2D eigenvalue weighted by Gasteiger charge is -2.12. The van der Waals surface area contributed by atoms with Crippen molar-refractivity contribution in [2.45, 2.75) is 19.8 Å². The van der Waals surface area contributed by atoms with Gasteiger partial charge in [-0.15, -0.1) is 0 Å². The van der Waals surface area contributed by atoms with Gasteiger partial charge in [0, 0.05) is 5.56 Å². The Morgan fingerprint density at radius 1 is 1.08 bits per heavy atom.